The maximum Gasteiger partial charge on any atom is 0.243 e. The summed E-state index contributed by atoms with van der Waals surface area (Å²) in [6.45, 7) is 1.30. The molecule has 0 heterocycles. The first kappa shape index (κ1) is 22.5. The number of nitrogens with one attached hydrogen (secondary N) is 1. The molecule has 156 valence electrons. The molecule has 0 aliphatic heterocycles. The van der Waals surface area contributed by atoms with Crippen LogP contribution in [0.5, 0.6) is 0 Å². The Bertz CT molecular complexity index is 977. The Hall–Kier alpha value is -2.78. The molecule has 0 fully saturated rings. The minimum absolute atomic E-state index is 0.120. The first-order valence-electron chi connectivity index (χ1n) is 8.98. The van der Waals surface area contributed by atoms with Crippen molar-refractivity contribution in [1.82, 2.24) is 9.21 Å². The van der Waals surface area contributed by atoms with E-state index in [2.05, 4.69) is 5.32 Å². The molecule has 1 N–H and O–H groups in total. The molecule has 2 aromatic carbocycles. The molecule has 0 saturated heterocycles. The fourth-order valence-electron chi connectivity index (χ4n) is 2.63. The van der Waals surface area contributed by atoms with E-state index in [1.54, 1.807) is 12.1 Å². The van der Waals surface area contributed by atoms with Gasteiger partial charge in [-0.2, -0.15) is 4.31 Å². The zero-order chi connectivity index (χ0) is 21.6. The van der Waals surface area contributed by atoms with Crippen LogP contribution in [-0.4, -0.2) is 56.6 Å². The van der Waals surface area contributed by atoms with Gasteiger partial charge >= 0.3 is 0 Å². The van der Waals surface area contributed by atoms with E-state index in [4.69, 9.17) is 0 Å². The summed E-state index contributed by atoms with van der Waals surface area (Å²) in [5.74, 6) is -1.49. The number of carbonyl (C=O) groups excluding carboxylic acids is 2. The molecule has 2 aromatic rings. The van der Waals surface area contributed by atoms with Crippen molar-refractivity contribution in [1.29, 1.82) is 0 Å². The van der Waals surface area contributed by atoms with Crippen molar-refractivity contribution in [3.8, 4) is 0 Å². The minimum Gasteiger partial charge on any atom is -0.335 e. The Balaban J connectivity index is 1.97. The maximum absolute atomic E-state index is 13.0. The number of anilines is 1. The van der Waals surface area contributed by atoms with Gasteiger partial charge in [0.1, 0.15) is 5.82 Å². The first-order valence-corrected chi connectivity index (χ1v) is 10.4. The van der Waals surface area contributed by atoms with Crippen LogP contribution in [0.25, 0.3) is 0 Å². The van der Waals surface area contributed by atoms with Gasteiger partial charge in [0.15, 0.2) is 0 Å². The van der Waals surface area contributed by atoms with E-state index in [0.29, 0.717) is 5.69 Å². The van der Waals surface area contributed by atoms with Crippen molar-refractivity contribution in [3.63, 3.8) is 0 Å². The molecule has 0 radical (unpaired) electrons. The van der Waals surface area contributed by atoms with Crippen LogP contribution in [0, 0.1) is 5.82 Å². The zero-order valence-electron chi connectivity index (χ0n) is 16.6. The fourth-order valence-corrected chi connectivity index (χ4v) is 3.75. The molecule has 0 aliphatic rings. The molecular weight excluding hydrogens is 397 g/mol. The van der Waals surface area contributed by atoms with Crippen molar-refractivity contribution in [2.24, 2.45) is 0 Å². The van der Waals surface area contributed by atoms with Gasteiger partial charge in [-0.3, -0.25) is 9.59 Å². The molecule has 0 bridgehead atoms. The van der Waals surface area contributed by atoms with Crippen LogP contribution in [0.1, 0.15) is 12.5 Å². The summed E-state index contributed by atoms with van der Waals surface area (Å²) in [4.78, 5) is 25.7. The van der Waals surface area contributed by atoms with Crippen LogP contribution >= 0.6 is 0 Å². The van der Waals surface area contributed by atoms with Gasteiger partial charge in [0.2, 0.25) is 21.8 Å². The average Bonchev–Trinajstić information content (AvgIpc) is 2.68. The minimum atomic E-state index is -3.95. The number of nitrogens with zero attached hydrogens (tertiary/aromatic N) is 2. The quantitative estimate of drug-likeness (QED) is 0.707. The van der Waals surface area contributed by atoms with Gasteiger partial charge in [-0.15, -0.1) is 0 Å². The number of likely N-dealkylation sites (N-methyl/N-ethyl adjacent to an activating group) is 2. The molecule has 7 nitrogen and oxygen atoms in total. The van der Waals surface area contributed by atoms with Gasteiger partial charge in [0, 0.05) is 19.8 Å². The largest absolute Gasteiger partial charge is 0.335 e. The Labute approximate surface area is 170 Å². The molecular formula is C20H24FN3O4S. The summed E-state index contributed by atoms with van der Waals surface area (Å²) in [7, 11) is -1.28. The van der Waals surface area contributed by atoms with E-state index in [1.807, 2.05) is 19.1 Å². The molecule has 0 spiro atoms. The lowest BCUT2D eigenvalue weighted by molar-refractivity contribution is -0.133. The van der Waals surface area contributed by atoms with Crippen molar-refractivity contribution in [2.45, 2.75) is 18.2 Å². The van der Waals surface area contributed by atoms with Crippen LogP contribution < -0.4 is 5.32 Å². The third-order valence-electron chi connectivity index (χ3n) is 4.36. The van der Waals surface area contributed by atoms with Crippen molar-refractivity contribution in [2.75, 3.05) is 32.5 Å². The Morgan fingerprint density at radius 2 is 1.62 bits per heavy atom. The van der Waals surface area contributed by atoms with E-state index in [0.717, 1.165) is 45.5 Å². The van der Waals surface area contributed by atoms with Crippen LogP contribution in [0.15, 0.2) is 53.4 Å². The number of carbonyl (C=O) groups is 2. The summed E-state index contributed by atoms with van der Waals surface area (Å²) < 4.78 is 38.9. The van der Waals surface area contributed by atoms with Gasteiger partial charge in [-0.05, 0) is 42.3 Å². The number of hydrogen-bond donors (Lipinski definition) is 1. The molecule has 2 amide bonds. The van der Waals surface area contributed by atoms with E-state index >= 15 is 0 Å². The van der Waals surface area contributed by atoms with Gasteiger partial charge < -0.3 is 10.2 Å². The molecule has 2 rings (SSSR count). The second-order valence-corrected chi connectivity index (χ2v) is 8.57. The van der Waals surface area contributed by atoms with E-state index < -0.39 is 28.3 Å². The normalized spacial score (nSPS) is 11.3. The topological polar surface area (TPSA) is 86.8 Å². The monoisotopic (exact) mass is 421 g/mol. The summed E-state index contributed by atoms with van der Waals surface area (Å²) in [6.07, 6.45) is 0.747. The van der Waals surface area contributed by atoms with Crippen molar-refractivity contribution < 1.29 is 22.4 Å². The number of benzene rings is 2. The summed E-state index contributed by atoms with van der Waals surface area (Å²) in [6, 6.07) is 11.7. The smallest absolute Gasteiger partial charge is 0.243 e. The van der Waals surface area contributed by atoms with Crippen LogP contribution in [0.4, 0.5) is 10.1 Å². The SMILES string of the molecule is CCc1ccccc1NC(=O)CN(C)C(=O)CN(C)S(=O)(=O)c1ccc(F)cc1. The van der Waals surface area contributed by atoms with Gasteiger partial charge in [-0.1, -0.05) is 25.1 Å². The number of aryl methyl sites for hydroxylation is 1. The predicted octanol–water partition coefficient (Wildman–Crippen LogP) is 2.11. The van der Waals surface area contributed by atoms with E-state index in [-0.39, 0.29) is 17.3 Å². The highest BCUT2D eigenvalue weighted by atomic mass is 32.2. The van der Waals surface area contributed by atoms with Crippen molar-refractivity contribution >= 4 is 27.5 Å². The van der Waals surface area contributed by atoms with E-state index in [1.165, 1.54) is 14.1 Å². The Morgan fingerprint density at radius 3 is 2.24 bits per heavy atom. The van der Waals surface area contributed by atoms with Gasteiger partial charge in [-0.25, -0.2) is 12.8 Å². The lowest BCUT2D eigenvalue weighted by Crippen LogP contribution is -2.42. The summed E-state index contributed by atoms with van der Waals surface area (Å²) >= 11 is 0. The van der Waals surface area contributed by atoms with Crippen LogP contribution in [-0.2, 0) is 26.0 Å². The fraction of sp³-hybridized carbons (Fsp3) is 0.300. The maximum atomic E-state index is 13.0. The molecule has 0 saturated carbocycles. The molecule has 0 atom stereocenters. The first-order chi connectivity index (χ1) is 13.6. The lowest BCUT2D eigenvalue weighted by Gasteiger charge is -2.22. The lowest BCUT2D eigenvalue weighted by atomic mass is 10.1. The second kappa shape index (κ2) is 9.62. The van der Waals surface area contributed by atoms with Gasteiger partial charge in [0.05, 0.1) is 18.0 Å². The number of sulfonamides is 1. The highest BCUT2D eigenvalue weighted by Crippen LogP contribution is 2.16. The number of amides is 2. The Morgan fingerprint density at radius 1 is 1.00 bits per heavy atom. The third kappa shape index (κ3) is 5.85. The number of halogens is 1. The zero-order valence-corrected chi connectivity index (χ0v) is 17.4. The Kier molecular flexibility index (Phi) is 7.46. The highest BCUT2D eigenvalue weighted by Gasteiger charge is 2.25. The molecule has 0 aliphatic carbocycles. The molecule has 9 heteroatoms. The number of para-hydroxylation sites is 1. The standard InChI is InChI=1S/C20H24FN3O4S/c1-4-15-7-5-6-8-18(15)22-19(25)13-23(2)20(26)14-24(3)29(27,28)17-11-9-16(21)10-12-17/h5-12H,4,13-14H2,1-3H3,(H,22,25). The third-order valence-corrected chi connectivity index (χ3v) is 6.18. The van der Waals surface area contributed by atoms with Gasteiger partial charge in [0.25, 0.3) is 0 Å². The molecule has 0 aromatic heterocycles. The summed E-state index contributed by atoms with van der Waals surface area (Å²) in [5.41, 5.74) is 1.65. The van der Waals surface area contributed by atoms with Crippen LogP contribution in [0.3, 0.4) is 0 Å². The second-order valence-electron chi connectivity index (χ2n) is 6.52. The number of rotatable bonds is 8. The number of hydrogen-bond acceptors (Lipinski definition) is 4. The van der Waals surface area contributed by atoms with E-state index in [9.17, 15) is 22.4 Å². The predicted molar refractivity (Wildman–Crippen MR) is 108 cm³/mol. The molecule has 29 heavy (non-hydrogen) atoms. The van der Waals surface area contributed by atoms with Crippen LogP contribution in [0.2, 0.25) is 0 Å². The highest BCUT2D eigenvalue weighted by molar-refractivity contribution is 7.89. The average molecular weight is 421 g/mol. The van der Waals surface area contributed by atoms with Crippen molar-refractivity contribution in [3.05, 3.63) is 59.9 Å². The molecule has 0 unspecified atom stereocenters. The summed E-state index contributed by atoms with van der Waals surface area (Å²) in [5, 5.41) is 2.76.